The van der Waals surface area contributed by atoms with Crippen LogP contribution in [0.4, 0.5) is 4.39 Å². The monoisotopic (exact) mass is 400 g/mol. The van der Waals surface area contributed by atoms with E-state index in [9.17, 15) is 18.8 Å². The fraction of sp³-hybridized carbons (Fsp3) is 0.158. The van der Waals surface area contributed by atoms with E-state index in [1.807, 2.05) is 0 Å². The van der Waals surface area contributed by atoms with Gasteiger partial charge in [-0.3, -0.25) is 30.1 Å². The number of carbonyl (C=O) groups is 3. The second-order valence-electron chi connectivity index (χ2n) is 6.10. The van der Waals surface area contributed by atoms with Gasteiger partial charge in [-0.1, -0.05) is 30.3 Å². The molecule has 2 aromatic rings. The number of imide groups is 1. The van der Waals surface area contributed by atoms with Crippen molar-refractivity contribution in [2.24, 2.45) is 0 Å². The fourth-order valence-corrected chi connectivity index (χ4v) is 2.82. The number of hydrogen-bond acceptors (Lipinski definition) is 4. The van der Waals surface area contributed by atoms with Crippen LogP contribution in [0.3, 0.4) is 0 Å². The summed E-state index contributed by atoms with van der Waals surface area (Å²) in [5.74, 6) is -1.86. The molecule has 0 aromatic heterocycles. The van der Waals surface area contributed by atoms with Gasteiger partial charge in [-0.15, -0.1) is 0 Å². The molecule has 7 nitrogen and oxygen atoms in total. The molecular weight excluding hydrogens is 383 g/mol. The van der Waals surface area contributed by atoms with Gasteiger partial charge in [0.2, 0.25) is 5.91 Å². The summed E-state index contributed by atoms with van der Waals surface area (Å²) in [5.41, 5.74) is 6.71. The van der Waals surface area contributed by atoms with Crippen molar-refractivity contribution >= 4 is 35.1 Å². The number of thiocarbonyl (C=S) groups is 1. The van der Waals surface area contributed by atoms with Gasteiger partial charge >= 0.3 is 0 Å². The first-order valence-electron chi connectivity index (χ1n) is 8.44. The topological polar surface area (TPSA) is 90.5 Å². The molecule has 1 aliphatic heterocycles. The standard InChI is InChI=1S/C19H17FN4O3S/c20-14-7-5-12(6-8-14)10-21-19(28)23-22-16(25)11-24-17(26)9-13-3-1-2-4-15(13)18(24)27/h1-8H,9-11H2,(H,22,25)(H2,21,23,28). The average molecular weight is 400 g/mol. The van der Waals surface area contributed by atoms with Crippen molar-refractivity contribution in [1.29, 1.82) is 0 Å². The highest BCUT2D eigenvalue weighted by molar-refractivity contribution is 7.80. The van der Waals surface area contributed by atoms with Crippen molar-refractivity contribution in [3.05, 3.63) is 71.0 Å². The van der Waals surface area contributed by atoms with Crippen LogP contribution in [-0.4, -0.2) is 34.3 Å². The van der Waals surface area contributed by atoms with E-state index in [1.165, 1.54) is 12.1 Å². The van der Waals surface area contributed by atoms with E-state index in [0.717, 1.165) is 10.5 Å². The number of halogens is 1. The molecule has 2 aromatic carbocycles. The lowest BCUT2D eigenvalue weighted by Gasteiger charge is -2.26. The number of benzene rings is 2. The van der Waals surface area contributed by atoms with Gasteiger partial charge < -0.3 is 5.32 Å². The summed E-state index contributed by atoms with van der Waals surface area (Å²) in [6, 6.07) is 12.7. The average Bonchev–Trinajstić information content (AvgIpc) is 2.69. The Labute approximate surface area is 165 Å². The van der Waals surface area contributed by atoms with Crippen molar-refractivity contribution < 1.29 is 18.8 Å². The molecular formula is C19H17FN4O3S. The van der Waals surface area contributed by atoms with Gasteiger partial charge in [0, 0.05) is 12.1 Å². The molecule has 1 aliphatic rings. The van der Waals surface area contributed by atoms with Crippen molar-refractivity contribution in [2.45, 2.75) is 13.0 Å². The third-order valence-corrected chi connectivity index (χ3v) is 4.37. The quantitative estimate of drug-likeness (QED) is 0.404. The molecule has 144 valence electrons. The molecule has 3 rings (SSSR count). The largest absolute Gasteiger partial charge is 0.357 e. The van der Waals surface area contributed by atoms with Gasteiger partial charge in [0.1, 0.15) is 12.4 Å². The Morgan fingerprint density at radius 1 is 1.07 bits per heavy atom. The lowest BCUT2D eigenvalue weighted by Crippen LogP contribution is -2.52. The third kappa shape index (κ3) is 4.68. The number of hydrazine groups is 1. The van der Waals surface area contributed by atoms with Crippen LogP contribution in [0.2, 0.25) is 0 Å². The Morgan fingerprint density at radius 2 is 1.79 bits per heavy atom. The number of nitrogens with zero attached hydrogens (tertiary/aromatic N) is 1. The number of hydrogen-bond donors (Lipinski definition) is 3. The van der Waals surface area contributed by atoms with Crippen LogP contribution >= 0.6 is 12.2 Å². The third-order valence-electron chi connectivity index (χ3n) is 4.12. The number of fused-ring (bicyclic) bond motifs is 1. The maximum atomic E-state index is 12.9. The van der Waals surface area contributed by atoms with Crippen LogP contribution in [0.5, 0.6) is 0 Å². The first-order chi connectivity index (χ1) is 13.4. The minimum absolute atomic E-state index is 0.0697. The molecule has 0 atom stereocenters. The minimum Gasteiger partial charge on any atom is -0.357 e. The maximum absolute atomic E-state index is 12.9. The van der Waals surface area contributed by atoms with Crippen molar-refractivity contribution in [1.82, 2.24) is 21.1 Å². The highest BCUT2D eigenvalue weighted by Gasteiger charge is 2.31. The van der Waals surface area contributed by atoms with Gasteiger partial charge in [-0.25, -0.2) is 4.39 Å². The molecule has 1 heterocycles. The van der Waals surface area contributed by atoms with E-state index in [1.54, 1.807) is 36.4 Å². The number of rotatable bonds is 4. The Bertz CT molecular complexity index is 933. The van der Waals surface area contributed by atoms with Crippen LogP contribution in [0.1, 0.15) is 21.5 Å². The summed E-state index contributed by atoms with van der Waals surface area (Å²) < 4.78 is 12.9. The highest BCUT2D eigenvalue weighted by atomic mass is 32.1. The van der Waals surface area contributed by atoms with Gasteiger partial charge in [0.05, 0.1) is 6.42 Å². The van der Waals surface area contributed by atoms with Crippen LogP contribution in [0, 0.1) is 5.82 Å². The Hall–Kier alpha value is -3.33. The van der Waals surface area contributed by atoms with Crippen LogP contribution in [-0.2, 0) is 22.6 Å². The SMILES string of the molecule is O=C(CN1C(=O)Cc2ccccc2C1=O)NNC(=S)NCc1ccc(F)cc1. The summed E-state index contributed by atoms with van der Waals surface area (Å²) >= 11 is 5.04. The molecule has 0 fully saturated rings. The Balaban J connectivity index is 1.47. The molecule has 28 heavy (non-hydrogen) atoms. The van der Waals surface area contributed by atoms with Crippen LogP contribution < -0.4 is 16.2 Å². The molecule has 0 unspecified atom stereocenters. The van der Waals surface area contributed by atoms with Gasteiger partial charge in [-0.2, -0.15) is 0 Å². The lowest BCUT2D eigenvalue weighted by molar-refractivity contribution is -0.133. The normalized spacial score (nSPS) is 13.0. The molecule has 0 aliphatic carbocycles. The number of carbonyl (C=O) groups excluding carboxylic acids is 3. The summed E-state index contributed by atoms with van der Waals surface area (Å²) in [6.45, 7) is -0.0819. The first-order valence-corrected chi connectivity index (χ1v) is 8.84. The zero-order chi connectivity index (χ0) is 20.1. The van der Waals surface area contributed by atoms with Crippen molar-refractivity contribution in [3.63, 3.8) is 0 Å². The lowest BCUT2D eigenvalue weighted by atomic mass is 9.98. The van der Waals surface area contributed by atoms with E-state index < -0.39 is 24.3 Å². The van der Waals surface area contributed by atoms with Gasteiger partial charge in [-0.05, 0) is 41.5 Å². The van der Waals surface area contributed by atoms with Gasteiger partial charge in [0.15, 0.2) is 5.11 Å². The molecule has 0 spiro atoms. The van der Waals surface area contributed by atoms with Gasteiger partial charge in [0.25, 0.3) is 11.8 Å². The molecule has 0 saturated carbocycles. The highest BCUT2D eigenvalue weighted by Crippen LogP contribution is 2.19. The molecule has 0 saturated heterocycles. The predicted octanol–water partition coefficient (Wildman–Crippen LogP) is 1.05. The van der Waals surface area contributed by atoms with E-state index >= 15 is 0 Å². The smallest absolute Gasteiger partial charge is 0.261 e. The van der Waals surface area contributed by atoms with E-state index in [0.29, 0.717) is 17.7 Å². The fourth-order valence-electron chi connectivity index (χ4n) is 2.70. The zero-order valence-electron chi connectivity index (χ0n) is 14.7. The van der Waals surface area contributed by atoms with Crippen LogP contribution in [0.25, 0.3) is 0 Å². The second kappa shape index (κ2) is 8.57. The van der Waals surface area contributed by atoms with E-state index in [4.69, 9.17) is 12.2 Å². The second-order valence-corrected chi connectivity index (χ2v) is 6.51. The maximum Gasteiger partial charge on any atom is 0.261 e. The van der Waals surface area contributed by atoms with Crippen LogP contribution in [0.15, 0.2) is 48.5 Å². The molecule has 9 heteroatoms. The van der Waals surface area contributed by atoms with Crippen molar-refractivity contribution in [2.75, 3.05) is 6.54 Å². The predicted molar refractivity (Wildman–Crippen MR) is 103 cm³/mol. The Morgan fingerprint density at radius 3 is 2.54 bits per heavy atom. The molecule has 0 radical (unpaired) electrons. The summed E-state index contributed by atoms with van der Waals surface area (Å²) in [6.07, 6.45) is 0.0697. The zero-order valence-corrected chi connectivity index (χ0v) is 15.5. The molecule has 3 N–H and O–H groups in total. The molecule has 3 amide bonds. The van der Waals surface area contributed by atoms with Crippen molar-refractivity contribution in [3.8, 4) is 0 Å². The summed E-state index contributed by atoms with van der Waals surface area (Å²) in [7, 11) is 0. The van der Waals surface area contributed by atoms with E-state index in [-0.39, 0.29) is 17.4 Å². The Kier molecular flexibility index (Phi) is 5.95. The summed E-state index contributed by atoms with van der Waals surface area (Å²) in [4.78, 5) is 37.6. The minimum atomic E-state index is -0.591. The first kappa shape index (κ1) is 19.4. The number of nitrogens with one attached hydrogen (secondary N) is 3. The number of amides is 3. The molecule has 0 bridgehead atoms. The summed E-state index contributed by atoms with van der Waals surface area (Å²) in [5, 5.41) is 2.98. The van der Waals surface area contributed by atoms with E-state index in [2.05, 4.69) is 16.2 Å².